The van der Waals surface area contributed by atoms with Crippen LogP contribution >= 0.6 is 0 Å². The van der Waals surface area contributed by atoms with Gasteiger partial charge in [-0.25, -0.2) is 0 Å². The Morgan fingerprint density at radius 1 is 1.14 bits per heavy atom. The van der Waals surface area contributed by atoms with Crippen molar-refractivity contribution in [3.63, 3.8) is 0 Å². The SMILES string of the molecule is N/C(=N\c1nc(N)cc(N2CCOCC2)n1)c1ccccc1. The summed E-state index contributed by atoms with van der Waals surface area (Å²) in [5, 5.41) is 0. The summed E-state index contributed by atoms with van der Waals surface area (Å²) >= 11 is 0. The van der Waals surface area contributed by atoms with Gasteiger partial charge in [-0.15, -0.1) is 0 Å². The fourth-order valence-electron chi connectivity index (χ4n) is 2.23. The molecular formula is C15H18N6O. The summed E-state index contributed by atoms with van der Waals surface area (Å²) in [7, 11) is 0. The van der Waals surface area contributed by atoms with Gasteiger partial charge < -0.3 is 21.1 Å². The van der Waals surface area contributed by atoms with Gasteiger partial charge in [0.15, 0.2) is 0 Å². The summed E-state index contributed by atoms with van der Waals surface area (Å²) in [6.45, 7) is 2.89. The lowest BCUT2D eigenvalue weighted by Crippen LogP contribution is -2.36. The second-order valence-electron chi connectivity index (χ2n) is 4.91. The third-order valence-electron chi connectivity index (χ3n) is 3.35. The minimum atomic E-state index is 0.267. The van der Waals surface area contributed by atoms with Crippen LogP contribution in [0, 0.1) is 0 Å². The van der Waals surface area contributed by atoms with Gasteiger partial charge in [0.2, 0.25) is 0 Å². The molecule has 7 nitrogen and oxygen atoms in total. The third kappa shape index (κ3) is 3.32. The number of amidine groups is 1. The Bertz CT molecular complexity index is 667. The van der Waals surface area contributed by atoms with Crippen molar-refractivity contribution in [1.82, 2.24) is 9.97 Å². The van der Waals surface area contributed by atoms with Gasteiger partial charge in [-0.05, 0) is 0 Å². The number of benzene rings is 1. The average Bonchev–Trinajstić information content (AvgIpc) is 2.56. The molecule has 1 aromatic heterocycles. The topological polar surface area (TPSA) is 103 Å². The fraction of sp³-hybridized carbons (Fsp3) is 0.267. The van der Waals surface area contributed by atoms with E-state index in [0.717, 1.165) is 24.5 Å². The molecule has 3 rings (SSSR count). The zero-order chi connectivity index (χ0) is 15.4. The van der Waals surface area contributed by atoms with Crippen LogP contribution in [0.2, 0.25) is 0 Å². The number of nitrogens with two attached hydrogens (primary N) is 2. The molecule has 4 N–H and O–H groups in total. The van der Waals surface area contributed by atoms with E-state index in [2.05, 4.69) is 19.9 Å². The van der Waals surface area contributed by atoms with Crippen molar-refractivity contribution in [1.29, 1.82) is 0 Å². The number of hydrogen-bond donors (Lipinski definition) is 2. The van der Waals surface area contributed by atoms with Crippen molar-refractivity contribution < 1.29 is 4.74 Å². The zero-order valence-electron chi connectivity index (χ0n) is 12.1. The number of rotatable bonds is 3. The summed E-state index contributed by atoms with van der Waals surface area (Å²) in [6, 6.07) is 11.2. The van der Waals surface area contributed by atoms with Gasteiger partial charge in [0.1, 0.15) is 17.5 Å². The molecule has 0 aliphatic carbocycles. The Balaban J connectivity index is 1.89. The number of aromatic nitrogens is 2. The molecule has 0 spiro atoms. The molecule has 114 valence electrons. The lowest BCUT2D eigenvalue weighted by molar-refractivity contribution is 0.122. The Morgan fingerprint density at radius 3 is 2.59 bits per heavy atom. The Morgan fingerprint density at radius 2 is 1.86 bits per heavy atom. The summed E-state index contributed by atoms with van der Waals surface area (Å²) in [5.74, 6) is 1.74. The quantitative estimate of drug-likeness (QED) is 0.645. The lowest BCUT2D eigenvalue weighted by Gasteiger charge is -2.27. The predicted molar refractivity (Wildman–Crippen MR) is 86.3 cm³/mol. The minimum absolute atomic E-state index is 0.267. The monoisotopic (exact) mass is 298 g/mol. The second-order valence-corrected chi connectivity index (χ2v) is 4.91. The highest BCUT2D eigenvalue weighted by atomic mass is 16.5. The third-order valence-corrected chi connectivity index (χ3v) is 3.35. The van der Waals surface area contributed by atoms with Gasteiger partial charge >= 0.3 is 0 Å². The number of nitrogens with zero attached hydrogens (tertiary/aromatic N) is 4. The molecule has 0 radical (unpaired) electrons. The van der Waals surface area contributed by atoms with E-state index in [9.17, 15) is 0 Å². The fourth-order valence-corrected chi connectivity index (χ4v) is 2.23. The van der Waals surface area contributed by atoms with E-state index in [0.29, 0.717) is 24.9 Å². The van der Waals surface area contributed by atoms with Crippen molar-refractivity contribution in [2.24, 2.45) is 10.7 Å². The molecule has 2 heterocycles. The number of morpholine rings is 1. The summed E-state index contributed by atoms with van der Waals surface area (Å²) in [4.78, 5) is 14.9. The molecule has 1 fully saturated rings. The van der Waals surface area contributed by atoms with Gasteiger partial charge in [-0.1, -0.05) is 30.3 Å². The maximum absolute atomic E-state index is 6.00. The normalized spacial score (nSPS) is 15.8. The van der Waals surface area contributed by atoms with Crippen LogP contribution in [-0.2, 0) is 4.74 Å². The van der Waals surface area contributed by atoms with Crippen LogP contribution in [-0.4, -0.2) is 42.1 Å². The molecule has 22 heavy (non-hydrogen) atoms. The number of hydrogen-bond acceptors (Lipinski definition) is 6. The van der Waals surface area contributed by atoms with Crippen LogP contribution in [0.3, 0.4) is 0 Å². The van der Waals surface area contributed by atoms with Crippen LogP contribution in [0.4, 0.5) is 17.6 Å². The molecule has 0 bridgehead atoms. The van der Waals surface area contributed by atoms with Crippen LogP contribution in [0.5, 0.6) is 0 Å². The first-order valence-corrected chi connectivity index (χ1v) is 7.09. The van der Waals surface area contributed by atoms with Crippen molar-refractivity contribution in [2.75, 3.05) is 36.9 Å². The molecule has 1 saturated heterocycles. The maximum Gasteiger partial charge on any atom is 0.255 e. The first kappa shape index (κ1) is 14.3. The smallest absolute Gasteiger partial charge is 0.255 e. The van der Waals surface area contributed by atoms with Crippen LogP contribution < -0.4 is 16.4 Å². The first-order chi connectivity index (χ1) is 10.7. The molecule has 0 amide bonds. The molecule has 7 heteroatoms. The lowest BCUT2D eigenvalue weighted by atomic mass is 10.2. The van der Waals surface area contributed by atoms with Gasteiger partial charge in [0, 0.05) is 24.7 Å². The van der Waals surface area contributed by atoms with Gasteiger partial charge in [-0.3, -0.25) is 0 Å². The molecule has 1 aliphatic rings. The summed E-state index contributed by atoms with van der Waals surface area (Å²) in [5.41, 5.74) is 12.7. The average molecular weight is 298 g/mol. The van der Waals surface area contributed by atoms with Gasteiger partial charge in [-0.2, -0.15) is 15.0 Å². The summed E-state index contributed by atoms with van der Waals surface area (Å²) in [6.07, 6.45) is 0. The largest absolute Gasteiger partial charge is 0.383 e. The molecule has 0 saturated carbocycles. The molecule has 1 aliphatic heterocycles. The van der Waals surface area contributed by atoms with E-state index in [1.807, 2.05) is 30.3 Å². The highest BCUT2D eigenvalue weighted by molar-refractivity contribution is 5.98. The van der Waals surface area contributed by atoms with E-state index in [1.54, 1.807) is 6.07 Å². The van der Waals surface area contributed by atoms with Crippen LogP contribution in [0.1, 0.15) is 5.56 Å². The maximum atomic E-state index is 6.00. The predicted octanol–water partition coefficient (Wildman–Crippen LogP) is 0.932. The molecule has 0 unspecified atom stereocenters. The molecule has 0 atom stereocenters. The number of anilines is 2. The zero-order valence-corrected chi connectivity index (χ0v) is 12.1. The van der Waals surface area contributed by atoms with E-state index in [-0.39, 0.29) is 5.95 Å². The number of nitrogen functional groups attached to an aromatic ring is 1. The Labute approximate surface area is 128 Å². The molecular weight excluding hydrogens is 280 g/mol. The van der Waals surface area contributed by atoms with Crippen molar-refractivity contribution in [3.05, 3.63) is 42.0 Å². The van der Waals surface area contributed by atoms with E-state index < -0.39 is 0 Å². The first-order valence-electron chi connectivity index (χ1n) is 7.09. The number of aliphatic imine (C=N–C) groups is 1. The highest BCUT2D eigenvalue weighted by Crippen LogP contribution is 2.19. The van der Waals surface area contributed by atoms with Crippen LogP contribution in [0.25, 0.3) is 0 Å². The van der Waals surface area contributed by atoms with Gasteiger partial charge in [0.25, 0.3) is 5.95 Å². The van der Waals surface area contributed by atoms with Gasteiger partial charge in [0.05, 0.1) is 13.2 Å². The van der Waals surface area contributed by atoms with E-state index in [1.165, 1.54) is 0 Å². The minimum Gasteiger partial charge on any atom is -0.383 e. The van der Waals surface area contributed by atoms with E-state index in [4.69, 9.17) is 16.2 Å². The standard InChI is InChI=1S/C15H18N6O/c16-12-10-13(21-6-8-22-9-7-21)19-15(18-12)20-14(17)11-4-2-1-3-5-11/h1-5,10H,6-9H2,(H4,16,17,18,19,20). The summed E-state index contributed by atoms with van der Waals surface area (Å²) < 4.78 is 5.34. The number of ether oxygens (including phenoxy) is 1. The van der Waals surface area contributed by atoms with Crippen molar-refractivity contribution in [2.45, 2.75) is 0 Å². The molecule has 2 aromatic rings. The van der Waals surface area contributed by atoms with Crippen molar-refractivity contribution >= 4 is 23.4 Å². The van der Waals surface area contributed by atoms with E-state index >= 15 is 0 Å². The highest BCUT2D eigenvalue weighted by Gasteiger charge is 2.14. The second kappa shape index (κ2) is 6.40. The van der Waals surface area contributed by atoms with Crippen molar-refractivity contribution in [3.8, 4) is 0 Å². The molecule has 1 aromatic carbocycles. The van der Waals surface area contributed by atoms with Crippen LogP contribution in [0.15, 0.2) is 41.4 Å². The Hall–Kier alpha value is -2.67. The Kier molecular flexibility index (Phi) is 4.15.